The molecule has 1 amide bonds. The predicted octanol–water partition coefficient (Wildman–Crippen LogP) is 2.09. The van der Waals surface area contributed by atoms with Gasteiger partial charge in [0.15, 0.2) is 9.84 Å². The fourth-order valence-corrected chi connectivity index (χ4v) is 2.04. The van der Waals surface area contributed by atoms with Crippen LogP contribution in [0.4, 0.5) is 4.39 Å². The van der Waals surface area contributed by atoms with Crippen molar-refractivity contribution in [2.45, 2.75) is 25.1 Å². The van der Waals surface area contributed by atoms with Crippen LogP contribution in [0.1, 0.15) is 25.5 Å². The predicted molar refractivity (Wildman–Crippen MR) is 72.3 cm³/mol. The smallest absolute Gasteiger partial charge is 0.238 e. The minimum absolute atomic E-state index is 0.0465. The molecule has 0 fully saturated rings. The van der Waals surface area contributed by atoms with Crippen LogP contribution in [0.25, 0.3) is 0 Å². The lowest BCUT2D eigenvalue weighted by atomic mass is 10.1. The van der Waals surface area contributed by atoms with E-state index >= 15 is 0 Å². The standard InChI is InChI=1S/C12H15ClFNO3S/c1-7(9-4-5-11(14)10(13)6-9)15-12(16)8(2)19(3,17)18/h4-8H,1-3H3,(H,15,16)/t7-,8+/m0/s1. The van der Waals surface area contributed by atoms with Gasteiger partial charge >= 0.3 is 0 Å². The van der Waals surface area contributed by atoms with Crippen LogP contribution in [0.3, 0.4) is 0 Å². The highest BCUT2D eigenvalue weighted by atomic mass is 35.5. The van der Waals surface area contributed by atoms with Gasteiger partial charge in [0.2, 0.25) is 5.91 Å². The van der Waals surface area contributed by atoms with E-state index in [1.165, 1.54) is 25.1 Å². The molecule has 0 aliphatic carbocycles. The second-order valence-electron chi connectivity index (χ2n) is 4.38. The van der Waals surface area contributed by atoms with Crippen molar-refractivity contribution in [3.8, 4) is 0 Å². The van der Waals surface area contributed by atoms with Crippen LogP contribution >= 0.6 is 11.6 Å². The van der Waals surface area contributed by atoms with Gasteiger partial charge in [-0.05, 0) is 31.5 Å². The Hall–Kier alpha value is -1.14. The highest BCUT2D eigenvalue weighted by Crippen LogP contribution is 2.20. The number of sulfone groups is 1. The van der Waals surface area contributed by atoms with Gasteiger partial charge in [0, 0.05) is 6.26 Å². The van der Waals surface area contributed by atoms with Crippen LogP contribution < -0.4 is 5.32 Å². The number of nitrogens with one attached hydrogen (secondary N) is 1. The molecule has 1 rings (SSSR count). The first-order chi connectivity index (χ1) is 8.62. The van der Waals surface area contributed by atoms with E-state index < -0.39 is 32.9 Å². The van der Waals surface area contributed by atoms with Gasteiger partial charge in [-0.3, -0.25) is 4.79 Å². The van der Waals surface area contributed by atoms with Crippen molar-refractivity contribution in [2.24, 2.45) is 0 Å². The van der Waals surface area contributed by atoms with Crippen molar-refractivity contribution < 1.29 is 17.6 Å². The lowest BCUT2D eigenvalue weighted by Gasteiger charge is -2.17. The molecule has 2 atom stereocenters. The summed E-state index contributed by atoms with van der Waals surface area (Å²) in [5, 5.41) is 1.37. The first-order valence-corrected chi connectivity index (χ1v) is 7.90. The van der Waals surface area contributed by atoms with Gasteiger partial charge in [0.25, 0.3) is 0 Å². The topological polar surface area (TPSA) is 63.2 Å². The fourth-order valence-electron chi connectivity index (χ4n) is 1.39. The number of carbonyl (C=O) groups is 1. The number of rotatable bonds is 4. The van der Waals surface area contributed by atoms with Crippen LogP contribution in [-0.2, 0) is 14.6 Å². The molecule has 0 aliphatic rings. The number of carbonyl (C=O) groups excluding carboxylic acids is 1. The summed E-state index contributed by atoms with van der Waals surface area (Å²) < 4.78 is 35.5. The molecule has 1 N–H and O–H groups in total. The summed E-state index contributed by atoms with van der Waals surface area (Å²) in [6.45, 7) is 2.98. The molecule has 1 aromatic carbocycles. The van der Waals surface area contributed by atoms with Crippen LogP contribution in [0.15, 0.2) is 18.2 Å². The Morgan fingerprint density at radius 2 is 1.95 bits per heavy atom. The van der Waals surface area contributed by atoms with Crippen LogP contribution in [0.2, 0.25) is 5.02 Å². The fraction of sp³-hybridized carbons (Fsp3) is 0.417. The third-order valence-corrected chi connectivity index (χ3v) is 4.60. The SMILES string of the molecule is C[C@H](NC(=O)[C@@H](C)S(C)(=O)=O)c1ccc(F)c(Cl)c1. The van der Waals surface area contributed by atoms with E-state index in [0.717, 1.165) is 6.26 Å². The Labute approximate surface area is 116 Å². The van der Waals surface area contributed by atoms with Gasteiger partial charge in [-0.25, -0.2) is 12.8 Å². The van der Waals surface area contributed by atoms with E-state index in [1.807, 2.05) is 0 Å². The summed E-state index contributed by atoms with van der Waals surface area (Å²) in [7, 11) is -3.44. The molecular weight excluding hydrogens is 293 g/mol. The number of halogens is 2. The number of hydrogen-bond donors (Lipinski definition) is 1. The summed E-state index contributed by atoms with van der Waals surface area (Å²) >= 11 is 5.65. The average Bonchev–Trinajstić information content (AvgIpc) is 2.30. The van der Waals surface area contributed by atoms with Crippen LogP contribution in [-0.4, -0.2) is 25.8 Å². The molecule has 0 unspecified atom stereocenters. The van der Waals surface area contributed by atoms with Crippen LogP contribution in [0, 0.1) is 5.82 Å². The quantitative estimate of drug-likeness (QED) is 0.926. The molecule has 0 saturated heterocycles. The summed E-state index contributed by atoms with van der Waals surface area (Å²) in [5.74, 6) is -1.15. The lowest BCUT2D eigenvalue weighted by Crippen LogP contribution is -2.38. The second-order valence-corrected chi connectivity index (χ2v) is 7.15. The molecule has 0 heterocycles. The zero-order chi connectivity index (χ0) is 14.8. The largest absolute Gasteiger partial charge is 0.348 e. The Bertz CT molecular complexity index is 589. The van der Waals surface area contributed by atoms with E-state index in [9.17, 15) is 17.6 Å². The first-order valence-electron chi connectivity index (χ1n) is 5.57. The van der Waals surface area contributed by atoms with Crippen molar-refractivity contribution in [3.05, 3.63) is 34.6 Å². The first kappa shape index (κ1) is 15.9. The van der Waals surface area contributed by atoms with Crippen molar-refractivity contribution in [3.63, 3.8) is 0 Å². The summed E-state index contributed by atoms with van der Waals surface area (Å²) in [6.07, 6.45) is 0.997. The van der Waals surface area contributed by atoms with Gasteiger partial charge in [0.05, 0.1) is 11.1 Å². The van der Waals surface area contributed by atoms with Gasteiger partial charge < -0.3 is 5.32 Å². The van der Waals surface area contributed by atoms with E-state index in [2.05, 4.69) is 5.32 Å². The highest BCUT2D eigenvalue weighted by Gasteiger charge is 2.24. The molecule has 0 bridgehead atoms. The molecular formula is C12H15ClFNO3S. The van der Waals surface area contributed by atoms with Crippen LogP contribution in [0.5, 0.6) is 0 Å². The van der Waals surface area contributed by atoms with E-state index in [1.54, 1.807) is 6.92 Å². The zero-order valence-corrected chi connectivity index (χ0v) is 12.3. The molecule has 7 heteroatoms. The normalized spacial score (nSPS) is 14.8. The molecule has 0 aromatic heterocycles. The lowest BCUT2D eigenvalue weighted by molar-refractivity contribution is -0.121. The van der Waals surface area contributed by atoms with E-state index in [4.69, 9.17) is 11.6 Å². The van der Waals surface area contributed by atoms with Crippen molar-refractivity contribution >= 4 is 27.3 Å². The number of amides is 1. The van der Waals surface area contributed by atoms with Gasteiger partial charge in [-0.2, -0.15) is 0 Å². The van der Waals surface area contributed by atoms with Gasteiger partial charge in [-0.1, -0.05) is 17.7 Å². The van der Waals surface area contributed by atoms with Gasteiger partial charge in [-0.15, -0.1) is 0 Å². The Morgan fingerprint density at radius 3 is 2.42 bits per heavy atom. The van der Waals surface area contributed by atoms with Crippen molar-refractivity contribution in [1.82, 2.24) is 5.32 Å². The number of benzene rings is 1. The van der Waals surface area contributed by atoms with Crippen molar-refractivity contribution in [1.29, 1.82) is 0 Å². The minimum atomic E-state index is -3.44. The van der Waals surface area contributed by atoms with E-state index in [-0.39, 0.29) is 5.02 Å². The minimum Gasteiger partial charge on any atom is -0.348 e. The summed E-state index contributed by atoms with van der Waals surface area (Å²) in [5.41, 5.74) is 0.598. The Balaban J connectivity index is 2.82. The second kappa shape index (κ2) is 5.88. The molecule has 106 valence electrons. The average molecular weight is 308 g/mol. The number of hydrogen-bond acceptors (Lipinski definition) is 3. The maximum Gasteiger partial charge on any atom is 0.238 e. The molecule has 1 aromatic rings. The maximum absolute atomic E-state index is 13.0. The Kier molecular flexibility index (Phi) is 4.92. The molecule has 0 spiro atoms. The molecule has 0 aliphatic heterocycles. The van der Waals surface area contributed by atoms with E-state index in [0.29, 0.717) is 5.56 Å². The third-order valence-electron chi connectivity index (χ3n) is 2.81. The summed E-state index contributed by atoms with van der Waals surface area (Å²) in [6, 6.07) is 3.61. The molecule has 0 saturated carbocycles. The monoisotopic (exact) mass is 307 g/mol. The van der Waals surface area contributed by atoms with Gasteiger partial charge in [0.1, 0.15) is 11.1 Å². The zero-order valence-electron chi connectivity index (χ0n) is 10.8. The van der Waals surface area contributed by atoms with Crippen molar-refractivity contribution in [2.75, 3.05) is 6.26 Å². The highest BCUT2D eigenvalue weighted by molar-refractivity contribution is 7.92. The summed E-state index contributed by atoms with van der Waals surface area (Å²) in [4.78, 5) is 11.7. The molecule has 0 radical (unpaired) electrons. The maximum atomic E-state index is 13.0. The third kappa shape index (κ3) is 4.18. The molecule has 19 heavy (non-hydrogen) atoms. The molecule has 4 nitrogen and oxygen atoms in total. The Morgan fingerprint density at radius 1 is 1.37 bits per heavy atom.